The summed E-state index contributed by atoms with van der Waals surface area (Å²) in [4.78, 5) is 24.8. The highest BCUT2D eigenvalue weighted by Gasteiger charge is 2.17. The van der Waals surface area contributed by atoms with Gasteiger partial charge in [-0.3, -0.25) is 20.4 Å². The SMILES string of the molecule is C=CCOc1ccccc1C(=O)NNC(=O)C(C)c1ccc(CC(C)C)cc1. The highest BCUT2D eigenvalue weighted by Crippen LogP contribution is 2.19. The van der Waals surface area contributed by atoms with E-state index in [1.165, 1.54) is 5.56 Å². The number of benzene rings is 2. The first-order valence-electron chi connectivity index (χ1n) is 9.44. The minimum atomic E-state index is -0.438. The predicted octanol–water partition coefficient (Wildman–Crippen LogP) is 4.01. The zero-order valence-corrected chi connectivity index (χ0v) is 16.7. The first kappa shape index (κ1) is 21.2. The lowest BCUT2D eigenvalue weighted by atomic mass is 9.96. The maximum absolute atomic E-state index is 12.4. The van der Waals surface area contributed by atoms with Gasteiger partial charge in [0.25, 0.3) is 5.91 Å². The van der Waals surface area contributed by atoms with Crippen LogP contribution in [-0.4, -0.2) is 18.4 Å². The largest absolute Gasteiger partial charge is 0.489 e. The number of hydrazine groups is 1. The molecule has 0 bridgehead atoms. The van der Waals surface area contributed by atoms with Crippen molar-refractivity contribution in [1.29, 1.82) is 0 Å². The molecule has 0 radical (unpaired) electrons. The zero-order valence-electron chi connectivity index (χ0n) is 16.7. The van der Waals surface area contributed by atoms with E-state index in [4.69, 9.17) is 4.74 Å². The van der Waals surface area contributed by atoms with Crippen LogP contribution in [0.5, 0.6) is 5.75 Å². The van der Waals surface area contributed by atoms with Crippen LogP contribution in [-0.2, 0) is 11.2 Å². The second-order valence-corrected chi connectivity index (χ2v) is 7.10. The number of nitrogens with one attached hydrogen (secondary N) is 2. The van der Waals surface area contributed by atoms with Gasteiger partial charge in [0.1, 0.15) is 12.4 Å². The van der Waals surface area contributed by atoms with Gasteiger partial charge in [0.15, 0.2) is 0 Å². The Labute approximate surface area is 166 Å². The summed E-state index contributed by atoms with van der Waals surface area (Å²) in [5, 5.41) is 0. The molecule has 5 nitrogen and oxygen atoms in total. The van der Waals surface area contributed by atoms with Crippen LogP contribution in [0.1, 0.15) is 48.2 Å². The van der Waals surface area contributed by atoms with Crippen LogP contribution >= 0.6 is 0 Å². The Morgan fingerprint density at radius 2 is 1.71 bits per heavy atom. The number of para-hydroxylation sites is 1. The molecule has 0 saturated carbocycles. The van der Waals surface area contributed by atoms with Crippen LogP contribution in [0.3, 0.4) is 0 Å². The Bertz CT molecular complexity index is 813. The summed E-state index contributed by atoms with van der Waals surface area (Å²) in [6.07, 6.45) is 2.61. The van der Waals surface area contributed by atoms with E-state index in [9.17, 15) is 9.59 Å². The Morgan fingerprint density at radius 3 is 2.36 bits per heavy atom. The van der Waals surface area contributed by atoms with Gasteiger partial charge >= 0.3 is 0 Å². The summed E-state index contributed by atoms with van der Waals surface area (Å²) in [7, 11) is 0. The lowest BCUT2D eigenvalue weighted by molar-refractivity contribution is -0.123. The van der Waals surface area contributed by atoms with Crippen molar-refractivity contribution < 1.29 is 14.3 Å². The van der Waals surface area contributed by atoms with Gasteiger partial charge in [-0.05, 0) is 42.5 Å². The van der Waals surface area contributed by atoms with Crippen molar-refractivity contribution in [2.24, 2.45) is 5.92 Å². The molecule has 5 heteroatoms. The van der Waals surface area contributed by atoms with Gasteiger partial charge in [-0.2, -0.15) is 0 Å². The van der Waals surface area contributed by atoms with Crippen LogP contribution in [0.15, 0.2) is 61.2 Å². The van der Waals surface area contributed by atoms with Crippen molar-refractivity contribution in [2.75, 3.05) is 6.61 Å². The van der Waals surface area contributed by atoms with Crippen molar-refractivity contribution in [3.63, 3.8) is 0 Å². The first-order valence-corrected chi connectivity index (χ1v) is 9.44. The molecule has 2 N–H and O–H groups in total. The number of amides is 2. The van der Waals surface area contributed by atoms with E-state index < -0.39 is 5.91 Å². The standard InChI is InChI=1S/C23H28N2O3/c1-5-14-28-21-9-7-6-8-20(21)23(27)25-24-22(26)17(4)19-12-10-18(11-13-19)15-16(2)3/h5-13,16-17H,1,14-15H2,2-4H3,(H,24,26)(H,25,27). The summed E-state index contributed by atoms with van der Waals surface area (Å²) in [6, 6.07) is 14.9. The van der Waals surface area contributed by atoms with E-state index >= 15 is 0 Å². The molecule has 1 unspecified atom stereocenters. The van der Waals surface area contributed by atoms with Gasteiger partial charge < -0.3 is 4.74 Å². The number of ether oxygens (including phenoxy) is 1. The second kappa shape index (κ2) is 10.3. The minimum absolute atomic E-state index is 0.283. The monoisotopic (exact) mass is 380 g/mol. The Balaban J connectivity index is 1.96. The van der Waals surface area contributed by atoms with E-state index in [0.29, 0.717) is 23.8 Å². The molecule has 0 spiro atoms. The molecule has 2 aromatic carbocycles. The second-order valence-electron chi connectivity index (χ2n) is 7.10. The molecule has 0 aromatic heterocycles. The Kier molecular flexibility index (Phi) is 7.81. The van der Waals surface area contributed by atoms with Crippen molar-refractivity contribution in [2.45, 2.75) is 33.1 Å². The lowest BCUT2D eigenvalue weighted by Gasteiger charge is -2.15. The van der Waals surface area contributed by atoms with Gasteiger partial charge in [-0.25, -0.2) is 0 Å². The van der Waals surface area contributed by atoms with Gasteiger partial charge in [-0.15, -0.1) is 0 Å². The molecule has 2 amide bonds. The molecule has 148 valence electrons. The molecule has 2 aromatic rings. The Hall–Kier alpha value is -3.08. The normalized spacial score (nSPS) is 11.6. The average molecular weight is 380 g/mol. The summed E-state index contributed by atoms with van der Waals surface area (Å²) >= 11 is 0. The average Bonchev–Trinajstić information content (AvgIpc) is 2.70. The van der Waals surface area contributed by atoms with E-state index in [0.717, 1.165) is 12.0 Å². The fourth-order valence-electron chi connectivity index (χ4n) is 2.79. The third-order valence-electron chi connectivity index (χ3n) is 4.30. The van der Waals surface area contributed by atoms with Gasteiger partial charge in [0.2, 0.25) is 5.91 Å². The van der Waals surface area contributed by atoms with E-state index in [2.05, 4.69) is 31.3 Å². The van der Waals surface area contributed by atoms with Crippen LogP contribution in [0.25, 0.3) is 0 Å². The molecule has 1 atom stereocenters. The van der Waals surface area contributed by atoms with Gasteiger partial charge in [0.05, 0.1) is 11.5 Å². The van der Waals surface area contributed by atoms with Crippen LogP contribution in [0, 0.1) is 5.92 Å². The molecular weight excluding hydrogens is 352 g/mol. The number of hydrogen-bond acceptors (Lipinski definition) is 3. The molecule has 28 heavy (non-hydrogen) atoms. The van der Waals surface area contributed by atoms with Crippen molar-refractivity contribution >= 4 is 11.8 Å². The minimum Gasteiger partial charge on any atom is -0.489 e. The zero-order chi connectivity index (χ0) is 20.5. The summed E-state index contributed by atoms with van der Waals surface area (Å²) < 4.78 is 5.48. The van der Waals surface area contributed by atoms with Crippen LogP contribution in [0.2, 0.25) is 0 Å². The third kappa shape index (κ3) is 5.98. The predicted molar refractivity (Wildman–Crippen MR) is 111 cm³/mol. The van der Waals surface area contributed by atoms with Crippen LogP contribution in [0.4, 0.5) is 0 Å². The molecule has 2 rings (SSSR count). The first-order chi connectivity index (χ1) is 13.4. The molecule has 0 aliphatic rings. The number of carbonyl (C=O) groups is 2. The number of hydrogen-bond donors (Lipinski definition) is 2. The lowest BCUT2D eigenvalue weighted by Crippen LogP contribution is -2.43. The maximum Gasteiger partial charge on any atom is 0.273 e. The molecule has 0 saturated heterocycles. The Morgan fingerprint density at radius 1 is 1.04 bits per heavy atom. The fourth-order valence-corrected chi connectivity index (χ4v) is 2.79. The summed E-state index contributed by atoms with van der Waals surface area (Å²) in [5.41, 5.74) is 7.44. The number of carbonyl (C=O) groups excluding carboxylic acids is 2. The maximum atomic E-state index is 12.4. The smallest absolute Gasteiger partial charge is 0.273 e. The fraction of sp³-hybridized carbons (Fsp3) is 0.304. The molecule has 0 heterocycles. The van der Waals surface area contributed by atoms with Crippen LogP contribution < -0.4 is 15.6 Å². The van der Waals surface area contributed by atoms with Crippen molar-refractivity contribution in [1.82, 2.24) is 10.9 Å². The molecule has 0 fully saturated rings. The number of rotatable bonds is 8. The van der Waals surface area contributed by atoms with Crippen molar-refractivity contribution in [3.05, 3.63) is 77.9 Å². The molecular formula is C23H28N2O3. The van der Waals surface area contributed by atoms with E-state index in [-0.39, 0.29) is 11.8 Å². The quantitative estimate of drug-likeness (QED) is 0.537. The summed E-state index contributed by atoms with van der Waals surface area (Å²) in [5.74, 6) is -0.0920. The molecule has 0 aliphatic carbocycles. The van der Waals surface area contributed by atoms with Crippen molar-refractivity contribution in [3.8, 4) is 5.75 Å². The van der Waals surface area contributed by atoms with E-state index in [1.807, 2.05) is 24.3 Å². The highest BCUT2D eigenvalue weighted by molar-refractivity contribution is 5.98. The summed E-state index contributed by atoms with van der Waals surface area (Å²) in [6.45, 7) is 10.0. The molecule has 0 aliphatic heterocycles. The van der Waals surface area contributed by atoms with Gasteiger partial charge in [0, 0.05) is 0 Å². The van der Waals surface area contributed by atoms with E-state index in [1.54, 1.807) is 37.3 Å². The highest BCUT2D eigenvalue weighted by atomic mass is 16.5. The topological polar surface area (TPSA) is 67.4 Å². The third-order valence-corrected chi connectivity index (χ3v) is 4.30. The van der Waals surface area contributed by atoms with Gasteiger partial charge in [-0.1, -0.05) is 62.9 Å².